The molecule has 3 aromatic rings. The first-order valence-electron chi connectivity index (χ1n) is 10.9. The van der Waals surface area contributed by atoms with Gasteiger partial charge in [-0.1, -0.05) is 18.7 Å². The third kappa shape index (κ3) is 5.71. The van der Waals surface area contributed by atoms with Gasteiger partial charge in [-0.05, 0) is 53.3 Å². The first-order chi connectivity index (χ1) is 16.8. The Bertz CT molecular complexity index is 1340. The van der Waals surface area contributed by atoms with Crippen LogP contribution in [0.15, 0.2) is 53.3 Å². The molecular weight excluding hydrogens is 450 g/mol. The van der Waals surface area contributed by atoms with Gasteiger partial charge in [0.25, 0.3) is 11.5 Å². The molecular formula is C26H29N3O6. The van der Waals surface area contributed by atoms with Crippen LogP contribution in [0.5, 0.6) is 11.6 Å². The summed E-state index contributed by atoms with van der Waals surface area (Å²) in [5.74, 6) is -1.54. The predicted octanol–water partition coefficient (Wildman–Crippen LogP) is 0.686. The number of phenolic OH excluding ortho intramolecular Hbond substituents is 1. The fraction of sp³-hybridized carbons (Fsp3) is 0.231. The number of methoxy groups -OCH3 is 2. The molecule has 1 amide bonds. The van der Waals surface area contributed by atoms with Gasteiger partial charge in [0.05, 0.1) is 18.9 Å². The lowest BCUT2D eigenvalue weighted by Crippen LogP contribution is -2.47. The van der Waals surface area contributed by atoms with Gasteiger partial charge >= 0.3 is 0 Å². The largest absolute Gasteiger partial charge is 0.508 e. The zero-order valence-electron chi connectivity index (χ0n) is 19.7. The van der Waals surface area contributed by atoms with E-state index in [0.29, 0.717) is 31.9 Å². The molecule has 2 aromatic carbocycles. The van der Waals surface area contributed by atoms with Crippen LogP contribution in [0, 0.1) is 0 Å². The number of amides is 1. The first kappa shape index (κ1) is 25.5. The summed E-state index contributed by atoms with van der Waals surface area (Å²) in [5.41, 5.74) is 6.55. The van der Waals surface area contributed by atoms with Crippen LogP contribution in [-0.2, 0) is 9.47 Å². The highest BCUT2D eigenvalue weighted by Crippen LogP contribution is 2.19. The van der Waals surface area contributed by atoms with Crippen molar-refractivity contribution >= 4 is 24.2 Å². The topological polar surface area (TPSA) is 127 Å². The molecule has 4 N–H and O–H groups in total. The van der Waals surface area contributed by atoms with Gasteiger partial charge in [-0.15, -0.1) is 0 Å². The molecule has 0 saturated carbocycles. The van der Waals surface area contributed by atoms with Crippen molar-refractivity contribution in [3.63, 3.8) is 0 Å². The number of anilines is 1. The molecule has 9 nitrogen and oxygen atoms in total. The molecule has 0 aliphatic carbocycles. The van der Waals surface area contributed by atoms with Crippen LogP contribution in [0.1, 0.15) is 15.9 Å². The van der Waals surface area contributed by atoms with Gasteiger partial charge in [0.1, 0.15) is 11.3 Å². The number of hydrogen-bond donors (Lipinski definition) is 3. The van der Waals surface area contributed by atoms with Crippen LogP contribution < -0.4 is 26.6 Å². The van der Waals surface area contributed by atoms with Crippen LogP contribution in [0.2, 0.25) is 0 Å². The third-order valence-corrected chi connectivity index (χ3v) is 5.55. The highest BCUT2D eigenvalue weighted by molar-refractivity contribution is 5.95. The van der Waals surface area contributed by atoms with Crippen molar-refractivity contribution in [2.45, 2.75) is 0 Å². The Morgan fingerprint density at radius 3 is 2.11 bits per heavy atom. The zero-order valence-corrected chi connectivity index (χ0v) is 19.7. The molecule has 0 aliphatic heterocycles. The zero-order chi connectivity index (χ0) is 25.5. The Morgan fingerprint density at radius 1 is 1.03 bits per heavy atom. The molecule has 9 heteroatoms. The third-order valence-electron chi connectivity index (χ3n) is 5.55. The highest BCUT2D eigenvalue weighted by Gasteiger charge is 2.18. The van der Waals surface area contributed by atoms with E-state index in [4.69, 9.17) is 15.2 Å². The number of nitrogens with zero attached hydrogens (tertiary/aromatic N) is 2. The van der Waals surface area contributed by atoms with Gasteiger partial charge in [0.2, 0.25) is 5.88 Å². The normalized spacial score (nSPS) is 11.5. The summed E-state index contributed by atoms with van der Waals surface area (Å²) in [5, 5.41) is 20.4. The van der Waals surface area contributed by atoms with Gasteiger partial charge in [-0.2, -0.15) is 0 Å². The number of nitrogens with two attached hydrogens (primary N) is 1. The number of carbonyl (C=O) groups is 1. The number of primary amides is 1. The summed E-state index contributed by atoms with van der Waals surface area (Å²) in [4.78, 5) is 27.6. The van der Waals surface area contributed by atoms with E-state index in [-0.39, 0.29) is 27.4 Å². The Kier molecular flexibility index (Phi) is 8.30. The minimum Gasteiger partial charge on any atom is -0.508 e. The van der Waals surface area contributed by atoms with Gasteiger partial charge in [-0.3, -0.25) is 9.59 Å². The molecule has 0 bridgehead atoms. The van der Waals surface area contributed by atoms with E-state index in [0.717, 1.165) is 10.3 Å². The lowest BCUT2D eigenvalue weighted by molar-refractivity contribution is 0.0995. The van der Waals surface area contributed by atoms with Crippen LogP contribution in [0.25, 0.3) is 18.3 Å². The number of aromatic nitrogens is 1. The summed E-state index contributed by atoms with van der Waals surface area (Å²) in [6.45, 7) is 6.32. The van der Waals surface area contributed by atoms with Gasteiger partial charge < -0.3 is 30.3 Å². The van der Waals surface area contributed by atoms with Crippen molar-refractivity contribution in [3.8, 4) is 17.3 Å². The summed E-state index contributed by atoms with van der Waals surface area (Å²) < 4.78 is 11.3. The Hall–Kier alpha value is -4.08. The van der Waals surface area contributed by atoms with E-state index in [1.807, 2.05) is 24.3 Å². The van der Waals surface area contributed by atoms with Crippen LogP contribution in [-0.4, -0.2) is 61.2 Å². The predicted molar refractivity (Wildman–Crippen MR) is 135 cm³/mol. The number of pyridine rings is 1. The fourth-order valence-corrected chi connectivity index (χ4v) is 3.70. The molecule has 35 heavy (non-hydrogen) atoms. The molecule has 0 radical (unpaired) electrons. The first-order valence-corrected chi connectivity index (χ1v) is 10.9. The summed E-state index contributed by atoms with van der Waals surface area (Å²) in [7, 11) is 3.29. The molecule has 1 aromatic heterocycles. The molecule has 3 rings (SSSR count). The van der Waals surface area contributed by atoms with Crippen molar-refractivity contribution in [1.29, 1.82) is 0 Å². The van der Waals surface area contributed by atoms with Crippen molar-refractivity contribution in [1.82, 2.24) is 4.57 Å². The highest BCUT2D eigenvalue weighted by atomic mass is 16.5. The van der Waals surface area contributed by atoms with E-state index in [2.05, 4.69) is 11.5 Å². The number of hydrogen-bond acceptors (Lipinski definition) is 7. The molecule has 0 saturated heterocycles. The summed E-state index contributed by atoms with van der Waals surface area (Å²) in [6, 6.07) is 13.1. The second-order valence-corrected chi connectivity index (χ2v) is 7.82. The minimum atomic E-state index is -0.919. The number of aromatic hydroxyl groups is 2. The number of phenols is 1. The molecule has 0 unspecified atom stereocenters. The number of benzene rings is 2. The molecule has 0 fully saturated rings. The maximum absolute atomic E-state index is 13.4. The van der Waals surface area contributed by atoms with Crippen molar-refractivity contribution in [2.75, 3.05) is 45.4 Å². The van der Waals surface area contributed by atoms with Crippen molar-refractivity contribution < 1.29 is 24.5 Å². The molecule has 184 valence electrons. The monoisotopic (exact) mass is 479 g/mol. The van der Waals surface area contributed by atoms with Crippen molar-refractivity contribution in [3.05, 3.63) is 80.4 Å². The van der Waals surface area contributed by atoms with E-state index >= 15 is 0 Å². The molecule has 1 heterocycles. The average Bonchev–Trinajstić information content (AvgIpc) is 2.83. The molecule has 0 spiro atoms. The van der Waals surface area contributed by atoms with Crippen LogP contribution in [0.4, 0.5) is 5.69 Å². The van der Waals surface area contributed by atoms with Gasteiger partial charge in [0.15, 0.2) is 0 Å². The van der Waals surface area contributed by atoms with Crippen LogP contribution >= 0.6 is 0 Å². The lowest BCUT2D eigenvalue weighted by atomic mass is 10.1. The SMILES string of the molecule is C=c1c(C(N)=O)c(O)n(-c2ccc(O)cc2)c(=O)c1=Cc1ccc(N(CCOC)CCOC)cc1. The quantitative estimate of drug-likeness (QED) is 0.390. The molecule has 0 atom stereocenters. The van der Waals surface area contributed by atoms with Gasteiger partial charge in [0, 0.05) is 38.2 Å². The van der Waals surface area contributed by atoms with Crippen LogP contribution in [0.3, 0.4) is 0 Å². The van der Waals surface area contributed by atoms with Crippen molar-refractivity contribution in [2.24, 2.45) is 5.73 Å². The Morgan fingerprint density at radius 2 is 1.60 bits per heavy atom. The second kappa shape index (κ2) is 11.4. The van der Waals surface area contributed by atoms with Gasteiger partial charge in [-0.25, -0.2) is 4.57 Å². The lowest BCUT2D eigenvalue weighted by Gasteiger charge is -2.24. The van der Waals surface area contributed by atoms with E-state index in [9.17, 15) is 19.8 Å². The number of ether oxygens (including phenoxy) is 2. The second-order valence-electron chi connectivity index (χ2n) is 7.82. The fourth-order valence-electron chi connectivity index (χ4n) is 3.70. The summed E-state index contributed by atoms with van der Waals surface area (Å²) >= 11 is 0. The Balaban J connectivity index is 2.13. The van der Waals surface area contributed by atoms with E-state index in [1.165, 1.54) is 24.3 Å². The smallest absolute Gasteiger partial charge is 0.265 e. The Labute approximate surface area is 202 Å². The maximum atomic E-state index is 13.4. The summed E-state index contributed by atoms with van der Waals surface area (Å²) in [6.07, 6.45) is 1.59. The maximum Gasteiger partial charge on any atom is 0.265 e. The standard InChI is InChI=1S/C26H29N3O6/c1-17-22(16-18-4-6-19(7-5-18)28(12-14-34-2)13-15-35-3)25(32)29(26(33)23(17)24(27)31)20-8-10-21(30)11-9-20/h4-11,16,30,33H,1,12-15H2,2-3H3,(H2,27,31). The number of rotatable bonds is 10. The van der Waals surface area contributed by atoms with E-state index < -0.39 is 17.3 Å². The minimum absolute atomic E-state index is 0.0119. The van der Waals surface area contributed by atoms with E-state index in [1.54, 1.807) is 20.3 Å². The average molecular weight is 480 g/mol. The molecule has 0 aliphatic rings. The number of carbonyl (C=O) groups excluding carboxylic acids is 1.